The first-order chi connectivity index (χ1) is 5.19. The summed E-state index contributed by atoms with van der Waals surface area (Å²) in [5.74, 6) is 0. The van der Waals surface area contributed by atoms with Crippen LogP contribution in [-0.2, 0) is 0 Å². The van der Waals surface area contributed by atoms with Crippen LogP contribution in [0, 0.1) is 0 Å². The van der Waals surface area contributed by atoms with Crippen molar-refractivity contribution in [1.82, 2.24) is 0 Å². The number of alkyl halides is 1. The highest BCUT2D eigenvalue weighted by Crippen LogP contribution is 2.26. The lowest BCUT2D eigenvalue weighted by Crippen LogP contribution is -2.34. The average molecular weight is 154 g/mol. The minimum absolute atomic E-state index is 0.219. The summed E-state index contributed by atoms with van der Waals surface area (Å²) in [6.45, 7) is 3.33. The van der Waals surface area contributed by atoms with Gasteiger partial charge < -0.3 is 5.11 Å². The van der Waals surface area contributed by atoms with E-state index in [1.165, 1.54) is 12.2 Å². The molecule has 2 atom stereocenters. The summed E-state index contributed by atoms with van der Waals surface area (Å²) in [6.07, 6.45) is 6.72. The van der Waals surface area contributed by atoms with Crippen LogP contribution >= 0.6 is 0 Å². The normalized spacial score (nSPS) is 31.8. The van der Waals surface area contributed by atoms with Crippen LogP contribution in [0.2, 0.25) is 0 Å². The number of hydrogen-bond donors (Lipinski definition) is 1. The third kappa shape index (κ3) is 1.57. The molecule has 0 aliphatic heterocycles. The third-order valence-corrected chi connectivity index (χ3v) is 1.77. The lowest BCUT2D eigenvalue weighted by Gasteiger charge is -2.25. The second kappa shape index (κ2) is 3.01. The van der Waals surface area contributed by atoms with Crippen molar-refractivity contribution in [3.63, 3.8) is 0 Å². The molecule has 2 heteroatoms. The lowest BCUT2D eigenvalue weighted by molar-refractivity contribution is 0.0604. The SMILES string of the molecule is C=CC(O)C1(F)C=CC=CC1. The molecule has 1 rings (SSSR count). The van der Waals surface area contributed by atoms with E-state index >= 15 is 0 Å². The molecule has 2 unspecified atom stereocenters. The fraction of sp³-hybridized carbons (Fsp3) is 0.333. The first-order valence-electron chi connectivity index (χ1n) is 3.53. The number of allylic oxidation sites excluding steroid dienone is 3. The van der Waals surface area contributed by atoms with Gasteiger partial charge in [0.2, 0.25) is 0 Å². The topological polar surface area (TPSA) is 20.2 Å². The van der Waals surface area contributed by atoms with Gasteiger partial charge in [0.15, 0.2) is 5.67 Å². The Balaban J connectivity index is 2.74. The van der Waals surface area contributed by atoms with Crippen LogP contribution in [0.25, 0.3) is 0 Å². The Morgan fingerprint density at radius 2 is 2.36 bits per heavy atom. The number of halogens is 1. The molecular formula is C9H11FO. The second-order valence-corrected chi connectivity index (χ2v) is 2.60. The molecule has 0 bridgehead atoms. The Morgan fingerprint density at radius 3 is 2.82 bits per heavy atom. The Hall–Kier alpha value is -0.890. The van der Waals surface area contributed by atoms with E-state index in [-0.39, 0.29) is 6.42 Å². The molecule has 60 valence electrons. The average Bonchev–Trinajstić information content (AvgIpc) is 2.04. The highest BCUT2D eigenvalue weighted by molar-refractivity contribution is 5.22. The van der Waals surface area contributed by atoms with E-state index in [0.29, 0.717) is 0 Å². The summed E-state index contributed by atoms with van der Waals surface area (Å²) in [5, 5.41) is 9.16. The minimum atomic E-state index is -1.64. The number of hydrogen-bond acceptors (Lipinski definition) is 1. The summed E-state index contributed by atoms with van der Waals surface area (Å²) in [4.78, 5) is 0. The monoisotopic (exact) mass is 154 g/mol. The fourth-order valence-corrected chi connectivity index (χ4v) is 1.03. The molecule has 0 fully saturated rings. The van der Waals surface area contributed by atoms with Gasteiger partial charge in [-0.2, -0.15) is 0 Å². The zero-order valence-electron chi connectivity index (χ0n) is 6.20. The van der Waals surface area contributed by atoms with Gasteiger partial charge in [0.1, 0.15) is 6.10 Å². The van der Waals surface area contributed by atoms with Crippen molar-refractivity contribution < 1.29 is 9.50 Å². The molecule has 0 spiro atoms. The van der Waals surface area contributed by atoms with E-state index in [4.69, 9.17) is 5.11 Å². The molecule has 0 saturated heterocycles. The van der Waals surface area contributed by atoms with E-state index in [2.05, 4.69) is 6.58 Å². The molecule has 0 aromatic carbocycles. The van der Waals surface area contributed by atoms with Gasteiger partial charge in [-0.25, -0.2) is 4.39 Å². The number of aliphatic hydroxyl groups is 1. The molecule has 0 saturated carbocycles. The summed E-state index contributed by atoms with van der Waals surface area (Å²) in [5.41, 5.74) is -1.64. The van der Waals surface area contributed by atoms with Crippen molar-refractivity contribution in [3.8, 4) is 0 Å². The van der Waals surface area contributed by atoms with Gasteiger partial charge in [-0.15, -0.1) is 6.58 Å². The van der Waals surface area contributed by atoms with Crippen LogP contribution < -0.4 is 0 Å². The zero-order chi connectivity index (χ0) is 8.32. The predicted octanol–water partition coefficient (Wildman–Crippen LogP) is 1.76. The van der Waals surface area contributed by atoms with Crippen LogP contribution in [0.1, 0.15) is 6.42 Å². The van der Waals surface area contributed by atoms with E-state index in [1.54, 1.807) is 18.2 Å². The molecule has 0 amide bonds. The van der Waals surface area contributed by atoms with Crippen molar-refractivity contribution in [2.45, 2.75) is 18.2 Å². The molecule has 1 nitrogen and oxygen atoms in total. The minimum Gasteiger partial charge on any atom is -0.385 e. The van der Waals surface area contributed by atoms with Crippen molar-refractivity contribution in [3.05, 3.63) is 37.0 Å². The highest BCUT2D eigenvalue weighted by Gasteiger charge is 2.32. The van der Waals surface area contributed by atoms with Crippen LogP contribution in [0.5, 0.6) is 0 Å². The van der Waals surface area contributed by atoms with Gasteiger partial charge in [-0.05, 0) is 6.08 Å². The molecule has 11 heavy (non-hydrogen) atoms. The van der Waals surface area contributed by atoms with E-state index < -0.39 is 11.8 Å². The smallest absolute Gasteiger partial charge is 0.162 e. The molecule has 1 aliphatic rings. The first kappa shape index (κ1) is 8.21. The van der Waals surface area contributed by atoms with Crippen LogP contribution in [-0.4, -0.2) is 16.9 Å². The predicted molar refractivity (Wildman–Crippen MR) is 42.9 cm³/mol. The second-order valence-electron chi connectivity index (χ2n) is 2.60. The van der Waals surface area contributed by atoms with Crippen LogP contribution in [0.15, 0.2) is 37.0 Å². The maximum Gasteiger partial charge on any atom is 0.162 e. The molecular weight excluding hydrogens is 143 g/mol. The van der Waals surface area contributed by atoms with Crippen molar-refractivity contribution in [2.24, 2.45) is 0 Å². The van der Waals surface area contributed by atoms with E-state index in [9.17, 15) is 4.39 Å². The Bertz CT molecular complexity index is 208. The maximum atomic E-state index is 13.5. The van der Waals surface area contributed by atoms with Crippen LogP contribution in [0.3, 0.4) is 0 Å². The standard InChI is InChI=1S/C9H11FO/c1-2-8(11)9(10)6-4-3-5-7-9/h2-6,8,11H,1,7H2. The molecule has 0 aromatic rings. The molecule has 0 radical (unpaired) electrons. The van der Waals surface area contributed by atoms with E-state index in [1.807, 2.05) is 0 Å². The summed E-state index contributed by atoms with van der Waals surface area (Å²) in [7, 11) is 0. The first-order valence-corrected chi connectivity index (χ1v) is 3.53. The van der Waals surface area contributed by atoms with Gasteiger partial charge in [-0.1, -0.05) is 24.3 Å². The Morgan fingerprint density at radius 1 is 1.64 bits per heavy atom. The Labute approximate surface area is 65.5 Å². The molecule has 1 aliphatic carbocycles. The quantitative estimate of drug-likeness (QED) is 0.601. The van der Waals surface area contributed by atoms with Crippen LogP contribution in [0.4, 0.5) is 4.39 Å². The maximum absolute atomic E-state index is 13.5. The number of rotatable bonds is 2. The molecule has 1 N–H and O–H groups in total. The van der Waals surface area contributed by atoms with Crippen molar-refractivity contribution >= 4 is 0 Å². The Kier molecular flexibility index (Phi) is 2.25. The molecule has 0 heterocycles. The fourth-order valence-electron chi connectivity index (χ4n) is 1.03. The number of aliphatic hydroxyl groups excluding tert-OH is 1. The van der Waals surface area contributed by atoms with Gasteiger partial charge >= 0.3 is 0 Å². The largest absolute Gasteiger partial charge is 0.385 e. The van der Waals surface area contributed by atoms with Crippen molar-refractivity contribution in [2.75, 3.05) is 0 Å². The van der Waals surface area contributed by atoms with Gasteiger partial charge in [0.05, 0.1) is 0 Å². The van der Waals surface area contributed by atoms with Gasteiger partial charge in [0, 0.05) is 6.42 Å². The lowest BCUT2D eigenvalue weighted by atomic mass is 9.91. The summed E-state index contributed by atoms with van der Waals surface area (Å²) < 4.78 is 13.5. The van der Waals surface area contributed by atoms with E-state index in [0.717, 1.165) is 0 Å². The van der Waals surface area contributed by atoms with Crippen molar-refractivity contribution in [1.29, 1.82) is 0 Å². The zero-order valence-corrected chi connectivity index (χ0v) is 6.20. The highest BCUT2D eigenvalue weighted by atomic mass is 19.1. The summed E-state index contributed by atoms with van der Waals surface area (Å²) in [6, 6.07) is 0. The molecule has 0 aromatic heterocycles. The van der Waals surface area contributed by atoms with Gasteiger partial charge in [0.25, 0.3) is 0 Å². The summed E-state index contributed by atoms with van der Waals surface area (Å²) >= 11 is 0. The van der Waals surface area contributed by atoms with Gasteiger partial charge in [-0.3, -0.25) is 0 Å². The third-order valence-electron chi connectivity index (χ3n) is 1.77.